The first kappa shape index (κ1) is 33.8. The topological polar surface area (TPSA) is 17.1 Å². The number of hydrogen-bond acceptors (Lipinski definition) is 1. The molecule has 2 aliphatic rings. The molecule has 4 rings (SSSR count). The number of carbonyl (C=O) groups excluding carboxylic acids is 1. The number of alkyl halides is 5. The van der Waals surface area contributed by atoms with E-state index in [-0.39, 0.29) is 18.9 Å². The molecule has 0 radical (unpaired) electrons. The average Bonchev–Trinajstić information content (AvgIpc) is 3.72. The molecule has 2 saturated carbocycles. The van der Waals surface area contributed by atoms with Gasteiger partial charge in [0.15, 0.2) is 0 Å². The third kappa shape index (κ3) is 9.84. The summed E-state index contributed by atoms with van der Waals surface area (Å²) in [7, 11) is -1.00. The van der Waals surface area contributed by atoms with Crippen LogP contribution in [-0.2, 0) is 10.8 Å². The fourth-order valence-electron chi connectivity index (χ4n) is 3.34. The second-order valence-electron chi connectivity index (χ2n) is 8.32. The number of carbonyl (C=O) groups is 1. The van der Waals surface area contributed by atoms with Crippen LogP contribution in [0.3, 0.4) is 0 Å². The summed E-state index contributed by atoms with van der Waals surface area (Å²) in [6.45, 7) is 5.72. The normalized spacial score (nSPS) is 16.1. The zero-order valence-electron chi connectivity index (χ0n) is 21.3. The zero-order valence-corrected chi connectivity index (χ0v) is 25.0. The maximum Gasteiger partial charge on any atom is 1.00 e. The molecule has 196 valence electrons. The first-order valence-electron chi connectivity index (χ1n) is 11.6. The summed E-state index contributed by atoms with van der Waals surface area (Å²) in [5.41, 5.74) is -0.137. The van der Waals surface area contributed by atoms with Gasteiger partial charge in [-0.1, -0.05) is 61.1 Å². The fraction of sp³-hybridized carbons (Fsp3) is 0.462. The van der Waals surface area contributed by atoms with Gasteiger partial charge in [0.05, 0.1) is 19.4 Å². The SMILES string of the molecule is FC(F)C1(c2cc(Br)cc(Br)c2)CC1.O=Cc1cc(Br)cc(C2(C(F)F)CC2)c1.[2H]CF.[CH2-]CCC.[Li+]. The Kier molecular flexibility index (Phi) is 15.7. The maximum atomic E-state index is 12.8. The molecule has 10 heteroatoms. The Morgan fingerprint density at radius 1 is 0.889 bits per heavy atom. The molecule has 0 unspecified atom stereocenters. The van der Waals surface area contributed by atoms with Crippen LogP contribution < -0.4 is 18.9 Å². The van der Waals surface area contributed by atoms with Crippen LogP contribution in [0, 0.1) is 6.92 Å². The maximum absolute atomic E-state index is 12.8. The molecule has 0 N–H and O–H groups in total. The van der Waals surface area contributed by atoms with Crippen molar-refractivity contribution in [1.29, 1.82) is 0 Å². The Labute approximate surface area is 249 Å². The molecule has 2 aromatic rings. The molecule has 0 amide bonds. The van der Waals surface area contributed by atoms with E-state index in [1.165, 1.54) is 6.42 Å². The minimum Gasteiger partial charge on any atom is -0.343 e. The minimum atomic E-state index is -2.36. The van der Waals surface area contributed by atoms with Gasteiger partial charge in [0.2, 0.25) is 12.9 Å². The van der Waals surface area contributed by atoms with Gasteiger partial charge in [-0.15, -0.1) is 0 Å². The number of unbranched alkanes of at least 4 members (excludes halogenated alkanes) is 1. The van der Waals surface area contributed by atoms with E-state index < -0.39 is 30.8 Å². The Bertz CT molecular complexity index is 951. The first-order chi connectivity index (χ1) is 17.0. The molecule has 2 aliphatic carbocycles. The molecule has 0 saturated heterocycles. The third-order valence-corrected chi connectivity index (χ3v) is 7.21. The van der Waals surface area contributed by atoms with E-state index in [0.717, 1.165) is 20.9 Å². The molecule has 36 heavy (non-hydrogen) atoms. The number of benzene rings is 2. The molecule has 0 aromatic heterocycles. The van der Waals surface area contributed by atoms with Crippen LogP contribution >= 0.6 is 47.8 Å². The van der Waals surface area contributed by atoms with Crippen LogP contribution in [0.25, 0.3) is 0 Å². The predicted molar refractivity (Wildman–Crippen MR) is 143 cm³/mol. The van der Waals surface area contributed by atoms with Crippen molar-refractivity contribution < 1.29 is 47.0 Å². The van der Waals surface area contributed by atoms with Crippen LogP contribution in [0.15, 0.2) is 49.8 Å². The van der Waals surface area contributed by atoms with Gasteiger partial charge in [-0.2, -0.15) is 6.42 Å². The van der Waals surface area contributed by atoms with Crippen LogP contribution in [-0.4, -0.2) is 26.3 Å². The molecule has 0 heterocycles. The van der Waals surface area contributed by atoms with E-state index >= 15 is 0 Å². The number of halogens is 8. The van der Waals surface area contributed by atoms with Crippen LogP contribution in [0.1, 0.15) is 68.3 Å². The van der Waals surface area contributed by atoms with Crippen molar-refractivity contribution >= 4 is 54.1 Å². The van der Waals surface area contributed by atoms with Crippen molar-refractivity contribution in [3.63, 3.8) is 0 Å². The predicted octanol–water partition coefficient (Wildman–Crippen LogP) is 7.28. The molecule has 0 atom stereocenters. The zero-order chi connectivity index (χ0) is 27.5. The first-order valence-corrected chi connectivity index (χ1v) is 13.3. The Hall–Kier alpha value is -0.203. The van der Waals surface area contributed by atoms with Gasteiger partial charge in [-0.3, -0.25) is 9.18 Å². The van der Waals surface area contributed by atoms with Crippen molar-refractivity contribution in [3.05, 3.63) is 73.4 Å². The molecule has 2 aromatic carbocycles. The molecular weight excluding hydrogens is 670 g/mol. The summed E-state index contributed by atoms with van der Waals surface area (Å²) in [6, 6.07) is 10.3. The smallest absolute Gasteiger partial charge is 0.343 e. The van der Waals surface area contributed by atoms with Gasteiger partial charge < -0.3 is 6.92 Å². The summed E-state index contributed by atoms with van der Waals surface area (Å²) in [5, 5.41) is 0. The van der Waals surface area contributed by atoms with E-state index in [4.69, 9.17) is 1.37 Å². The Morgan fingerprint density at radius 2 is 1.22 bits per heavy atom. The van der Waals surface area contributed by atoms with Gasteiger partial charge in [-0.05, 0) is 73.2 Å². The quantitative estimate of drug-likeness (QED) is 0.134. The monoisotopic (exact) mass is 697 g/mol. The molecule has 0 aliphatic heterocycles. The molecular formula is C26H29Br3F5LiO. The van der Waals surface area contributed by atoms with E-state index in [1.807, 2.05) is 6.07 Å². The van der Waals surface area contributed by atoms with Gasteiger partial charge in [-0.25, -0.2) is 17.6 Å². The second-order valence-corrected chi connectivity index (χ2v) is 11.1. The molecule has 2 fully saturated rings. The van der Waals surface area contributed by atoms with Crippen molar-refractivity contribution in [3.8, 4) is 0 Å². The van der Waals surface area contributed by atoms with Gasteiger partial charge in [0.1, 0.15) is 6.29 Å². The standard InChI is InChI=1S/C11H9BrF2O.C10H8Br2F2.C4H9.CH3F.Li/c12-9-4-7(6-15)3-8(5-9)11(1-2-11)10(13)14;11-7-3-6(4-8(12)5-7)10(1-2-10)9(13)14;1-3-4-2;1-2;/h3-6,10H,1-2H2;3-5,9H,1-2H2;1,3-4H2,2H3;1H3;/q;;-1;;+1/i;;;1D;. The Morgan fingerprint density at radius 3 is 1.50 bits per heavy atom. The number of aldehydes is 1. The average molecular weight is 700 g/mol. The number of rotatable bonds is 6. The largest absolute Gasteiger partial charge is 1.00 e. The van der Waals surface area contributed by atoms with E-state index in [0.29, 0.717) is 47.6 Å². The molecule has 0 spiro atoms. The summed E-state index contributed by atoms with van der Waals surface area (Å²) in [5.74, 6) is 0. The van der Waals surface area contributed by atoms with Gasteiger partial charge in [0.25, 0.3) is 0 Å². The van der Waals surface area contributed by atoms with Crippen molar-refractivity contribution in [2.45, 2.75) is 69.1 Å². The van der Waals surface area contributed by atoms with Crippen LogP contribution in [0.5, 0.6) is 0 Å². The fourth-order valence-corrected chi connectivity index (χ4v) is 5.15. The summed E-state index contributed by atoms with van der Waals surface area (Å²) in [6.07, 6.45) is 0.519. The summed E-state index contributed by atoms with van der Waals surface area (Å²) < 4.78 is 69.1. The van der Waals surface area contributed by atoms with Crippen molar-refractivity contribution in [2.24, 2.45) is 0 Å². The Balaban J connectivity index is 0.000000551. The van der Waals surface area contributed by atoms with Gasteiger partial charge in [0, 0.05) is 19.0 Å². The van der Waals surface area contributed by atoms with Crippen molar-refractivity contribution in [1.82, 2.24) is 0 Å². The molecule has 0 bridgehead atoms. The second kappa shape index (κ2) is 16.7. The third-order valence-electron chi connectivity index (χ3n) is 5.83. The molecule has 1 nitrogen and oxygen atoms in total. The summed E-state index contributed by atoms with van der Waals surface area (Å²) in [4.78, 5) is 10.6. The van der Waals surface area contributed by atoms with Crippen LogP contribution in [0.4, 0.5) is 22.0 Å². The number of hydrogen-bond donors (Lipinski definition) is 0. The van der Waals surface area contributed by atoms with Crippen LogP contribution in [0.2, 0.25) is 0 Å². The summed E-state index contributed by atoms with van der Waals surface area (Å²) >= 11 is 9.83. The van der Waals surface area contributed by atoms with E-state index in [9.17, 15) is 26.7 Å². The minimum absolute atomic E-state index is 0. The van der Waals surface area contributed by atoms with Crippen molar-refractivity contribution in [2.75, 3.05) is 7.15 Å². The van der Waals surface area contributed by atoms with E-state index in [1.54, 1.807) is 30.3 Å². The van der Waals surface area contributed by atoms with E-state index in [2.05, 4.69) is 61.6 Å². The van der Waals surface area contributed by atoms with Gasteiger partial charge >= 0.3 is 18.9 Å².